The number of nitrogens with zero attached hydrogens (tertiary/aromatic N) is 2. The Hall–Kier alpha value is -1.51. The van der Waals surface area contributed by atoms with Gasteiger partial charge in [-0.05, 0) is 49.9 Å². The summed E-state index contributed by atoms with van der Waals surface area (Å²) in [5, 5.41) is 2.56. The minimum absolute atomic E-state index is 0.0157. The lowest BCUT2D eigenvalue weighted by atomic mass is 10.1. The smallest absolute Gasteiger partial charge is 0.238 e. The number of hydrogen-bond donors (Lipinski definition) is 1. The van der Waals surface area contributed by atoms with Gasteiger partial charge < -0.3 is 5.32 Å². The van der Waals surface area contributed by atoms with E-state index in [2.05, 4.69) is 5.32 Å². The van der Waals surface area contributed by atoms with Crippen molar-refractivity contribution in [2.75, 3.05) is 32.0 Å². The summed E-state index contributed by atoms with van der Waals surface area (Å²) >= 11 is 0. The minimum Gasteiger partial charge on any atom is -0.325 e. The molecule has 1 N–H and O–H groups in total. The third-order valence-electron chi connectivity index (χ3n) is 4.91. The molecule has 1 aliphatic heterocycles. The van der Waals surface area contributed by atoms with Crippen molar-refractivity contribution in [3.63, 3.8) is 0 Å². The highest BCUT2D eigenvalue weighted by Crippen LogP contribution is 2.32. The van der Waals surface area contributed by atoms with Crippen LogP contribution in [0.25, 0.3) is 0 Å². The van der Waals surface area contributed by atoms with Crippen LogP contribution in [-0.4, -0.2) is 61.5 Å². The maximum Gasteiger partial charge on any atom is 0.238 e. The first-order valence-electron chi connectivity index (χ1n) is 8.61. The fourth-order valence-corrected chi connectivity index (χ4v) is 5.02. The molecule has 3 rings (SSSR count). The second-order valence-corrected chi connectivity index (χ2v) is 9.10. The number of nitrogens with one attached hydrogen (secondary N) is 1. The van der Waals surface area contributed by atoms with Crippen LogP contribution < -0.4 is 5.32 Å². The summed E-state index contributed by atoms with van der Waals surface area (Å²) in [5.41, 5.74) is 0.566. The van der Waals surface area contributed by atoms with Gasteiger partial charge in [-0.15, -0.1) is 0 Å². The first-order valence-corrected chi connectivity index (χ1v) is 10.1. The zero-order valence-electron chi connectivity index (χ0n) is 14.3. The van der Waals surface area contributed by atoms with Gasteiger partial charge in [-0.2, -0.15) is 0 Å². The summed E-state index contributed by atoms with van der Waals surface area (Å²) in [6.45, 7) is 1.63. The molecule has 1 aromatic rings. The molecule has 0 radical (unpaired) electrons. The van der Waals surface area contributed by atoms with Crippen molar-refractivity contribution in [1.82, 2.24) is 9.21 Å². The van der Waals surface area contributed by atoms with Crippen LogP contribution in [0, 0.1) is 5.82 Å². The van der Waals surface area contributed by atoms with Crippen LogP contribution in [0.4, 0.5) is 10.1 Å². The maximum atomic E-state index is 12.9. The molecule has 1 heterocycles. The van der Waals surface area contributed by atoms with E-state index in [1.807, 2.05) is 4.90 Å². The largest absolute Gasteiger partial charge is 0.325 e. The zero-order chi connectivity index (χ0) is 18.0. The molecular formula is C17H24FN3O3S. The highest BCUT2D eigenvalue weighted by atomic mass is 32.2. The van der Waals surface area contributed by atoms with Gasteiger partial charge in [0.25, 0.3) is 0 Å². The minimum atomic E-state index is -3.15. The van der Waals surface area contributed by atoms with Gasteiger partial charge in [-0.1, -0.05) is 0 Å². The van der Waals surface area contributed by atoms with Gasteiger partial charge in [0.1, 0.15) is 5.82 Å². The van der Waals surface area contributed by atoms with Crippen molar-refractivity contribution >= 4 is 21.6 Å². The lowest BCUT2D eigenvalue weighted by Crippen LogP contribution is -2.47. The Kier molecular flexibility index (Phi) is 5.41. The van der Waals surface area contributed by atoms with Gasteiger partial charge in [0.05, 0.1) is 11.8 Å². The predicted molar refractivity (Wildman–Crippen MR) is 94.2 cm³/mol. The molecule has 6 nitrogen and oxygen atoms in total. The Morgan fingerprint density at radius 1 is 1.20 bits per heavy atom. The summed E-state index contributed by atoms with van der Waals surface area (Å²) in [5.74, 6) is -0.491. The number of hydrogen-bond acceptors (Lipinski definition) is 4. The molecule has 2 fully saturated rings. The van der Waals surface area contributed by atoms with Crippen molar-refractivity contribution in [1.29, 1.82) is 0 Å². The summed E-state index contributed by atoms with van der Waals surface area (Å²) < 4.78 is 39.0. The van der Waals surface area contributed by atoms with Crippen LogP contribution in [0.2, 0.25) is 0 Å². The molecule has 0 aromatic heterocycles. The Balaban J connectivity index is 1.45. The van der Waals surface area contributed by atoms with E-state index >= 15 is 0 Å². The summed E-state index contributed by atoms with van der Waals surface area (Å²) in [4.78, 5) is 14.1. The summed E-state index contributed by atoms with van der Waals surface area (Å²) in [6, 6.07) is 5.67. The molecule has 0 atom stereocenters. The molecule has 1 saturated carbocycles. The second kappa shape index (κ2) is 7.39. The van der Waals surface area contributed by atoms with Crippen LogP contribution in [-0.2, 0) is 14.8 Å². The third-order valence-corrected chi connectivity index (χ3v) is 7.33. The quantitative estimate of drug-likeness (QED) is 0.828. The Labute approximate surface area is 148 Å². The topological polar surface area (TPSA) is 69.7 Å². The average molecular weight is 369 g/mol. The summed E-state index contributed by atoms with van der Waals surface area (Å²) in [7, 11) is -1.47. The maximum absolute atomic E-state index is 12.9. The molecule has 1 saturated heterocycles. The highest BCUT2D eigenvalue weighted by molar-refractivity contribution is 7.90. The number of likely N-dealkylation sites (tertiary alicyclic amines) is 1. The second-order valence-electron chi connectivity index (χ2n) is 6.82. The Bertz CT molecular complexity index is 711. The van der Waals surface area contributed by atoms with Crippen LogP contribution in [0.15, 0.2) is 24.3 Å². The van der Waals surface area contributed by atoms with Crippen LogP contribution in [0.1, 0.15) is 25.7 Å². The van der Waals surface area contributed by atoms with Crippen molar-refractivity contribution < 1.29 is 17.6 Å². The SMILES string of the molecule is CN(C1CCN(CC(=O)Nc2ccc(F)cc2)CC1)S(=O)(=O)C1CC1. The van der Waals surface area contributed by atoms with Gasteiger partial charge in [-0.3, -0.25) is 9.69 Å². The number of piperidine rings is 1. The summed E-state index contributed by atoms with van der Waals surface area (Å²) in [6.07, 6.45) is 3.00. The number of anilines is 1. The molecule has 0 spiro atoms. The van der Waals surface area contributed by atoms with E-state index < -0.39 is 10.0 Å². The van der Waals surface area contributed by atoms with Crippen molar-refractivity contribution in [3.05, 3.63) is 30.1 Å². The molecule has 0 bridgehead atoms. The van der Waals surface area contributed by atoms with E-state index in [1.54, 1.807) is 11.4 Å². The molecule has 25 heavy (non-hydrogen) atoms. The van der Waals surface area contributed by atoms with E-state index in [1.165, 1.54) is 24.3 Å². The molecule has 138 valence electrons. The molecule has 2 aliphatic rings. The number of amides is 1. The van der Waals surface area contributed by atoms with E-state index in [-0.39, 0.29) is 29.6 Å². The molecule has 1 aliphatic carbocycles. The predicted octanol–water partition coefficient (Wildman–Crippen LogP) is 1.65. The number of benzene rings is 1. The number of carbonyl (C=O) groups excluding carboxylic acids is 1. The monoisotopic (exact) mass is 369 g/mol. The van der Waals surface area contributed by atoms with Gasteiger partial charge >= 0.3 is 0 Å². The van der Waals surface area contributed by atoms with Gasteiger partial charge in [0.2, 0.25) is 15.9 Å². The Morgan fingerprint density at radius 2 is 1.80 bits per heavy atom. The number of sulfonamides is 1. The standard InChI is InChI=1S/C17H24FN3O3S/c1-20(25(23,24)16-6-7-16)15-8-10-21(11-9-15)12-17(22)19-14-4-2-13(18)3-5-14/h2-5,15-16H,6-12H2,1H3,(H,19,22). The lowest BCUT2D eigenvalue weighted by molar-refractivity contribution is -0.117. The lowest BCUT2D eigenvalue weighted by Gasteiger charge is -2.35. The highest BCUT2D eigenvalue weighted by Gasteiger charge is 2.41. The van der Waals surface area contributed by atoms with Crippen molar-refractivity contribution in [3.8, 4) is 0 Å². The molecule has 8 heteroatoms. The molecule has 1 aromatic carbocycles. The average Bonchev–Trinajstić information content (AvgIpc) is 3.42. The first-order chi connectivity index (χ1) is 11.9. The van der Waals surface area contributed by atoms with E-state index in [9.17, 15) is 17.6 Å². The van der Waals surface area contributed by atoms with Crippen LogP contribution in [0.3, 0.4) is 0 Å². The number of rotatable bonds is 6. The van der Waals surface area contributed by atoms with Crippen LogP contribution in [0.5, 0.6) is 0 Å². The normalized spacial score (nSPS) is 20.0. The van der Waals surface area contributed by atoms with E-state index in [0.29, 0.717) is 18.8 Å². The molecule has 1 amide bonds. The van der Waals surface area contributed by atoms with Crippen molar-refractivity contribution in [2.24, 2.45) is 0 Å². The van der Waals surface area contributed by atoms with Crippen LogP contribution >= 0.6 is 0 Å². The van der Waals surface area contributed by atoms with Gasteiger partial charge in [0, 0.05) is 31.9 Å². The fraction of sp³-hybridized carbons (Fsp3) is 0.588. The first kappa shape index (κ1) is 18.3. The van der Waals surface area contributed by atoms with Gasteiger partial charge in [0.15, 0.2) is 0 Å². The molecular weight excluding hydrogens is 345 g/mol. The van der Waals surface area contributed by atoms with Crippen molar-refractivity contribution in [2.45, 2.75) is 37.0 Å². The van der Waals surface area contributed by atoms with E-state index in [4.69, 9.17) is 0 Å². The third kappa shape index (κ3) is 4.56. The Morgan fingerprint density at radius 3 is 2.36 bits per heavy atom. The number of carbonyl (C=O) groups is 1. The zero-order valence-corrected chi connectivity index (χ0v) is 15.1. The fourth-order valence-electron chi connectivity index (χ4n) is 3.19. The van der Waals surface area contributed by atoms with Gasteiger partial charge in [-0.25, -0.2) is 17.1 Å². The number of halogens is 1. The molecule has 0 unspecified atom stereocenters. The van der Waals surface area contributed by atoms with E-state index in [0.717, 1.165) is 25.7 Å².